The molecule has 0 aromatic heterocycles. The van der Waals surface area contributed by atoms with Crippen molar-refractivity contribution < 1.29 is 23.5 Å². The van der Waals surface area contributed by atoms with Crippen LogP contribution >= 0.6 is 0 Å². The summed E-state index contributed by atoms with van der Waals surface area (Å²) in [4.78, 5) is 23.7. The van der Waals surface area contributed by atoms with Gasteiger partial charge in [0.2, 0.25) is 0 Å². The normalized spacial score (nSPS) is 10.5. The van der Waals surface area contributed by atoms with Crippen LogP contribution in [0.5, 0.6) is 11.5 Å². The molecule has 0 atom stereocenters. The van der Waals surface area contributed by atoms with Crippen molar-refractivity contribution in [3.05, 3.63) is 65.5 Å². The maximum atomic E-state index is 12.8. The average molecular weight is 372 g/mol. The molecule has 0 bridgehead atoms. The molecular weight excluding hydrogens is 351 g/mol. The maximum absolute atomic E-state index is 12.8. The average Bonchev–Trinajstić information content (AvgIpc) is 2.69. The Labute approximate surface area is 157 Å². The van der Waals surface area contributed by atoms with Crippen molar-refractivity contribution in [2.24, 2.45) is 0 Å². The Kier molecular flexibility index (Phi) is 7.37. The van der Waals surface area contributed by atoms with Gasteiger partial charge in [-0.05, 0) is 54.5 Å². The number of benzene rings is 2. The Bertz CT molecular complexity index is 819. The molecule has 142 valence electrons. The number of methoxy groups -OCH3 is 1. The van der Waals surface area contributed by atoms with Crippen LogP contribution in [-0.4, -0.2) is 25.5 Å². The molecule has 2 amide bonds. The second kappa shape index (κ2) is 9.96. The molecule has 2 aromatic rings. The topological polar surface area (TPSA) is 76.7 Å². The van der Waals surface area contributed by atoms with Gasteiger partial charge in [-0.1, -0.05) is 13.0 Å². The van der Waals surface area contributed by atoms with Gasteiger partial charge in [-0.15, -0.1) is 0 Å². The second-order valence-electron chi connectivity index (χ2n) is 5.54. The maximum Gasteiger partial charge on any atom is 0.269 e. The van der Waals surface area contributed by atoms with Gasteiger partial charge in [0.25, 0.3) is 11.8 Å². The number of amides is 2. The van der Waals surface area contributed by atoms with Crippen molar-refractivity contribution in [1.82, 2.24) is 10.9 Å². The summed E-state index contributed by atoms with van der Waals surface area (Å²) in [7, 11) is 1.54. The van der Waals surface area contributed by atoms with E-state index in [9.17, 15) is 14.0 Å². The highest BCUT2D eigenvalue weighted by atomic mass is 19.1. The zero-order chi connectivity index (χ0) is 19.6. The molecule has 0 radical (unpaired) electrons. The zero-order valence-electron chi connectivity index (χ0n) is 15.1. The molecule has 0 saturated heterocycles. The van der Waals surface area contributed by atoms with Crippen molar-refractivity contribution in [2.75, 3.05) is 13.7 Å². The summed E-state index contributed by atoms with van der Waals surface area (Å²) in [5.41, 5.74) is 5.47. The lowest BCUT2D eigenvalue weighted by Gasteiger charge is -2.10. The van der Waals surface area contributed by atoms with Crippen molar-refractivity contribution in [3.63, 3.8) is 0 Å². The van der Waals surface area contributed by atoms with Gasteiger partial charge in [-0.2, -0.15) is 0 Å². The lowest BCUT2D eigenvalue weighted by Crippen LogP contribution is -2.40. The first-order valence-electron chi connectivity index (χ1n) is 8.38. The SMILES string of the molecule is CCCOc1ccc(/C=C/C(=O)NNC(=O)c2ccc(F)cc2)cc1OC. The monoisotopic (exact) mass is 372 g/mol. The molecule has 0 heterocycles. The molecular formula is C20H21FN2O4. The molecule has 2 aromatic carbocycles. The highest BCUT2D eigenvalue weighted by molar-refractivity contribution is 5.97. The molecule has 0 aliphatic rings. The fourth-order valence-electron chi connectivity index (χ4n) is 2.12. The summed E-state index contributed by atoms with van der Waals surface area (Å²) in [6, 6.07) is 10.3. The molecule has 2 N–H and O–H groups in total. The fourth-order valence-corrected chi connectivity index (χ4v) is 2.12. The molecule has 0 aliphatic heterocycles. The number of halogens is 1. The Morgan fingerprint density at radius 2 is 1.81 bits per heavy atom. The summed E-state index contributed by atoms with van der Waals surface area (Å²) < 4.78 is 23.7. The lowest BCUT2D eigenvalue weighted by atomic mass is 10.2. The van der Waals surface area contributed by atoms with Gasteiger partial charge >= 0.3 is 0 Å². The number of rotatable bonds is 7. The Morgan fingerprint density at radius 1 is 1.07 bits per heavy atom. The standard InChI is InChI=1S/C20H21FN2O4/c1-3-12-27-17-10-4-14(13-18(17)26-2)5-11-19(24)22-23-20(25)15-6-8-16(21)9-7-15/h4-11,13H,3,12H2,1-2H3,(H,22,24)(H,23,25)/b11-5+. The van der Waals surface area contributed by atoms with E-state index in [4.69, 9.17) is 9.47 Å². The van der Waals surface area contributed by atoms with Crippen LogP contribution in [0.2, 0.25) is 0 Å². The molecule has 0 spiro atoms. The van der Waals surface area contributed by atoms with E-state index in [1.54, 1.807) is 31.4 Å². The number of nitrogens with one attached hydrogen (secondary N) is 2. The number of hydrazine groups is 1. The van der Waals surface area contributed by atoms with Crippen LogP contribution in [0, 0.1) is 5.82 Å². The van der Waals surface area contributed by atoms with Crippen molar-refractivity contribution in [2.45, 2.75) is 13.3 Å². The Balaban J connectivity index is 1.92. The molecule has 2 rings (SSSR count). The van der Waals surface area contributed by atoms with Crippen LogP contribution in [0.25, 0.3) is 6.08 Å². The number of ether oxygens (including phenoxy) is 2. The minimum absolute atomic E-state index is 0.230. The molecule has 27 heavy (non-hydrogen) atoms. The lowest BCUT2D eigenvalue weighted by molar-refractivity contribution is -0.117. The molecule has 0 saturated carbocycles. The quantitative estimate of drug-likeness (QED) is 0.578. The minimum Gasteiger partial charge on any atom is -0.493 e. The summed E-state index contributed by atoms with van der Waals surface area (Å²) in [5.74, 6) is -0.310. The minimum atomic E-state index is -0.546. The predicted molar refractivity (Wildman–Crippen MR) is 99.8 cm³/mol. The van der Waals surface area contributed by atoms with Crippen molar-refractivity contribution >= 4 is 17.9 Å². The van der Waals surface area contributed by atoms with E-state index in [1.807, 2.05) is 6.92 Å². The molecule has 0 unspecified atom stereocenters. The Morgan fingerprint density at radius 3 is 2.48 bits per heavy atom. The molecule has 6 nitrogen and oxygen atoms in total. The first-order chi connectivity index (χ1) is 13.0. The van der Waals surface area contributed by atoms with E-state index in [2.05, 4.69) is 10.9 Å². The summed E-state index contributed by atoms with van der Waals surface area (Å²) in [5, 5.41) is 0. The third-order valence-corrected chi connectivity index (χ3v) is 3.48. The largest absolute Gasteiger partial charge is 0.493 e. The van der Waals surface area contributed by atoms with Gasteiger partial charge < -0.3 is 9.47 Å². The predicted octanol–water partition coefficient (Wildman–Crippen LogP) is 3.10. The smallest absolute Gasteiger partial charge is 0.269 e. The van der Waals surface area contributed by atoms with E-state index >= 15 is 0 Å². The number of hydrogen-bond acceptors (Lipinski definition) is 4. The highest BCUT2D eigenvalue weighted by Crippen LogP contribution is 2.28. The van der Waals surface area contributed by atoms with Gasteiger partial charge in [0.05, 0.1) is 13.7 Å². The van der Waals surface area contributed by atoms with E-state index in [1.165, 1.54) is 18.2 Å². The third-order valence-electron chi connectivity index (χ3n) is 3.48. The van der Waals surface area contributed by atoms with E-state index in [-0.39, 0.29) is 5.56 Å². The summed E-state index contributed by atoms with van der Waals surface area (Å²) >= 11 is 0. The van der Waals surface area contributed by atoms with E-state index < -0.39 is 17.6 Å². The van der Waals surface area contributed by atoms with Crippen LogP contribution in [0.15, 0.2) is 48.5 Å². The molecule has 0 aliphatic carbocycles. The first-order valence-corrected chi connectivity index (χ1v) is 8.38. The first kappa shape index (κ1) is 20.0. The summed E-state index contributed by atoms with van der Waals surface area (Å²) in [6.45, 7) is 2.60. The van der Waals surface area contributed by atoms with Crippen LogP contribution in [0.3, 0.4) is 0 Å². The van der Waals surface area contributed by atoms with Gasteiger partial charge in [0, 0.05) is 11.6 Å². The fraction of sp³-hybridized carbons (Fsp3) is 0.200. The van der Waals surface area contributed by atoms with Crippen LogP contribution in [0.1, 0.15) is 29.3 Å². The molecule has 0 fully saturated rings. The van der Waals surface area contributed by atoms with Gasteiger partial charge in [-0.25, -0.2) is 4.39 Å². The van der Waals surface area contributed by atoms with Crippen LogP contribution in [-0.2, 0) is 4.79 Å². The zero-order valence-corrected chi connectivity index (χ0v) is 15.1. The number of hydrogen-bond donors (Lipinski definition) is 2. The van der Waals surface area contributed by atoms with Gasteiger partial charge in [-0.3, -0.25) is 20.4 Å². The summed E-state index contributed by atoms with van der Waals surface area (Å²) in [6.07, 6.45) is 3.73. The van der Waals surface area contributed by atoms with Gasteiger partial charge in [0.1, 0.15) is 5.82 Å². The number of carbonyl (C=O) groups excluding carboxylic acids is 2. The van der Waals surface area contributed by atoms with Crippen LogP contribution in [0.4, 0.5) is 4.39 Å². The number of carbonyl (C=O) groups is 2. The second-order valence-corrected chi connectivity index (χ2v) is 5.54. The van der Waals surface area contributed by atoms with E-state index in [0.717, 1.165) is 24.1 Å². The van der Waals surface area contributed by atoms with Crippen molar-refractivity contribution in [1.29, 1.82) is 0 Å². The third kappa shape index (κ3) is 6.14. The Hall–Kier alpha value is -3.35. The highest BCUT2D eigenvalue weighted by Gasteiger charge is 2.07. The van der Waals surface area contributed by atoms with Gasteiger partial charge in [0.15, 0.2) is 11.5 Å². The molecule has 7 heteroatoms. The van der Waals surface area contributed by atoms with Crippen molar-refractivity contribution in [3.8, 4) is 11.5 Å². The van der Waals surface area contributed by atoms with E-state index in [0.29, 0.717) is 18.1 Å². The van der Waals surface area contributed by atoms with Crippen LogP contribution < -0.4 is 20.3 Å².